The van der Waals surface area contributed by atoms with Crippen LogP contribution in [0.1, 0.15) is 5.56 Å². The average molecular weight is 257 g/mol. The highest BCUT2D eigenvalue weighted by Crippen LogP contribution is 2.21. The van der Waals surface area contributed by atoms with Crippen molar-refractivity contribution in [2.24, 2.45) is 0 Å². The maximum Gasteiger partial charge on any atom is 0.258 e. The van der Waals surface area contributed by atoms with Gasteiger partial charge in [0.1, 0.15) is 5.82 Å². The highest BCUT2D eigenvalue weighted by Gasteiger charge is 2.08. The zero-order valence-corrected chi connectivity index (χ0v) is 8.88. The fourth-order valence-corrected chi connectivity index (χ4v) is 1.42. The van der Waals surface area contributed by atoms with E-state index < -0.39 is 0 Å². The van der Waals surface area contributed by atoms with Crippen molar-refractivity contribution in [3.8, 4) is 11.5 Å². The fraction of sp³-hybridized carbons (Fsp3) is 0.111. The van der Waals surface area contributed by atoms with Gasteiger partial charge in [-0.3, -0.25) is 0 Å². The SMILES string of the molecule is Cc1cc(F)cc(-c2nc(Br)no2)c1. The minimum atomic E-state index is -0.311. The van der Waals surface area contributed by atoms with Crippen LogP contribution in [0, 0.1) is 12.7 Å². The summed E-state index contributed by atoms with van der Waals surface area (Å²) in [6.45, 7) is 1.80. The molecule has 0 aliphatic heterocycles. The highest BCUT2D eigenvalue weighted by molar-refractivity contribution is 9.10. The van der Waals surface area contributed by atoms with E-state index in [1.165, 1.54) is 12.1 Å². The Morgan fingerprint density at radius 2 is 2.14 bits per heavy atom. The van der Waals surface area contributed by atoms with Crippen LogP contribution >= 0.6 is 15.9 Å². The third-order valence-corrected chi connectivity index (χ3v) is 2.01. The third kappa shape index (κ3) is 1.82. The van der Waals surface area contributed by atoms with Crippen molar-refractivity contribution in [3.05, 3.63) is 34.3 Å². The van der Waals surface area contributed by atoms with E-state index in [1.807, 2.05) is 0 Å². The van der Waals surface area contributed by atoms with Crippen LogP contribution in [-0.4, -0.2) is 10.1 Å². The summed E-state index contributed by atoms with van der Waals surface area (Å²) >= 11 is 3.06. The van der Waals surface area contributed by atoms with Crippen LogP contribution in [-0.2, 0) is 0 Å². The molecule has 0 bridgehead atoms. The Kier molecular flexibility index (Phi) is 2.33. The Morgan fingerprint density at radius 1 is 1.36 bits per heavy atom. The molecule has 0 saturated carbocycles. The Bertz CT molecular complexity index is 449. The van der Waals surface area contributed by atoms with Crippen molar-refractivity contribution >= 4 is 15.9 Å². The first-order chi connectivity index (χ1) is 6.65. The molecule has 2 rings (SSSR count). The molecule has 0 unspecified atom stereocenters. The van der Waals surface area contributed by atoms with Gasteiger partial charge in [0.15, 0.2) is 0 Å². The number of nitrogens with zero attached hydrogens (tertiary/aromatic N) is 2. The van der Waals surface area contributed by atoms with E-state index in [9.17, 15) is 4.39 Å². The first kappa shape index (κ1) is 9.33. The van der Waals surface area contributed by atoms with E-state index in [-0.39, 0.29) is 5.82 Å². The zero-order chi connectivity index (χ0) is 10.1. The molecule has 0 fully saturated rings. The van der Waals surface area contributed by atoms with Crippen LogP contribution in [0.4, 0.5) is 4.39 Å². The van der Waals surface area contributed by atoms with Gasteiger partial charge in [-0.1, -0.05) is 0 Å². The molecule has 0 aliphatic carbocycles. The topological polar surface area (TPSA) is 38.9 Å². The van der Waals surface area contributed by atoms with Crippen LogP contribution in [0.3, 0.4) is 0 Å². The standard InChI is InChI=1S/C9H6BrFN2O/c1-5-2-6(4-7(11)3-5)8-12-9(10)13-14-8/h2-4H,1H3. The van der Waals surface area contributed by atoms with Gasteiger partial charge in [-0.05, 0) is 51.8 Å². The quantitative estimate of drug-likeness (QED) is 0.788. The summed E-state index contributed by atoms with van der Waals surface area (Å²) in [7, 11) is 0. The van der Waals surface area contributed by atoms with Gasteiger partial charge in [0.2, 0.25) is 4.73 Å². The van der Waals surface area contributed by atoms with Crippen molar-refractivity contribution in [2.45, 2.75) is 6.92 Å². The Morgan fingerprint density at radius 3 is 2.71 bits per heavy atom. The fourth-order valence-electron chi connectivity index (χ4n) is 1.18. The smallest absolute Gasteiger partial charge is 0.258 e. The van der Waals surface area contributed by atoms with E-state index in [2.05, 4.69) is 26.1 Å². The lowest BCUT2D eigenvalue weighted by Gasteiger charge is -1.97. The molecule has 14 heavy (non-hydrogen) atoms. The average Bonchev–Trinajstić information content (AvgIpc) is 2.50. The number of rotatable bonds is 1. The number of hydrogen-bond donors (Lipinski definition) is 0. The number of benzene rings is 1. The molecule has 0 amide bonds. The van der Waals surface area contributed by atoms with Gasteiger partial charge in [-0.15, -0.1) is 0 Å². The Labute approximate surface area is 88.1 Å². The molecule has 0 radical (unpaired) electrons. The maximum absolute atomic E-state index is 13.0. The van der Waals surface area contributed by atoms with E-state index in [1.54, 1.807) is 13.0 Å². The third-order valence-electron chi connectivity index (χ3n) is 1.69. The van der Waals surface area contributed by atoms with Crippen LogP contribution in [0.15, 0.2) is 27.5 Å². The second-order valence-corrected chi connectivity index (χ2v) is 3.60. The molecule has 5 heteroatoms. The molecule has 3 nitrogen and oxygen atoms in total. The molecule has 1 aromatic heterocycles. The Balaban J connectivity index is 2.51. The van der Waals surface area contributed by atoms with Crippen LogP contribution < -0.4 is 0 Å². The molecule has 1 aromatic carbocycles. The normalized spacial score (nSPS) is 10.5. The first-order valence-electron chi connectivity index (χ1n) is 3.92. The number of halogens is 2. The van der Waals surface area contributed by atoms with Crippen molar-refractivity contribution in [1.82, 2.24) is 10.1 Å². The second kappa shape index (κ2) is 3.49. The summed E-state index contributed by atoms with van der Waals surface area (Å²) in [5, 5.41) is 3.56. The second-order valence-electron chi connectivity index (χ2n) is 2.89. The summed E-state index contributed by atoms with van der Waals surface area (Å²) in [4.78, 5) is 3.94. The molecule has 0 saturated heterocycles. The minimum absolute atomic E-state index is 0.305. The molecule has 0 N–H and O–H groups in total. The summed E-state index contributed by atoms with van der Waals surface area (Å²) in [6.07, 6.45) is 0. The Hall–Kier alpha value is -1.23. The van der Waals surface area contributed by atoms with Crippen molar-refractivity contribution < 1.29 is 8.91 Å². The molecule has 0 atom stereocenters. The van der Waals surface area contributed by atoms with Gasteiger partial charge in [0.05, 0.1) is 0 Å². The summed E-state index contributed by atoms with van der Waals surface area (Å²) in [5.74, 6) is -0.00574. The maximum atomic E-state index is 13.0. The van der Waals surface area contributed by atoms with Crippen molar-refractivity contribution in [3.63, 3.8) is 0 Å². The van der Waals surface area contributed by atoms with Gasteiger partial charge in [-0.2, -0.15) is 4.98 Å². The predicted octanol–water partition coefficient (Wildman–Crippen LogP) is 2.95. The largest absolute Gasteiger partial charge is 0.333 e. The van der Waals surface area contributed by atoms with E-state index in [4.69, 9.17) is 4.52 Å². The predicted molar refractivity (Wildman–Crippen MR) is 52.1 cm³/mol. The van der Waals surface area contributed by atoms with Gasteiger partial charge in [-0.25, -0.2) is 4.39 Å². The molecule has 1 heterocycles. The van der Waals surface area contributed by atoms with Crippen molar-refractivity contribution in [1.29, 1.82) is 0 Å². The molecule has 72 valence electrons. The minimum Gasteiger partial charge on any atom is -0.333 e. The van der Waals surface area contributed by atoms with Gasteiger partial charge >= 0.3 is 0 Å². The molecule has 0 aliphatic rings. The summed E-state index contributed by atoms with van der Waals surface area (Å²) in [5.41, 5.74) is 1.40. The molecular weight excluding hydrogens is 251 g/mol. The van der Waals surface area contributed by atoms with E-state index in [0.717, 1.165) is 5.56 Å². The molecular formula is C9H6BrFN2O. The van der Waals surface area contributed by atoms with Gasteiger partial charge in [0, 0.05) is 5.56 Å². The molecule has 2 aromatic rings. The van der Waals surface area contributed by atoms with E-state index >= 15 is 0 Å². The van der Waals surface area contributed by atoms with E-state index in [0.29, 0.717) is 16.2 Å². The van der Waals surface area contributed by atoms with Crippen LogP contribution in [0.2, 0.25) is 0 Å². The number of hydrogen-bond acceptors (Lipinski definition) is 3. The zero-order valence-electron chi connectivity index (χ0n) is 7.29. The number of aromatic nitrogens is 2. The summed E-state index contributed by atoms with van der Waals surface area (Å²) in [6, 6.07) is 4.57. The van der Waals surface area contributed by atoms with Crippen molar-refractivity contribution in [2.75, 3.05) is 0 Å². The number of aryl methyl sites for hydroxylation is 1. The van der Waals surface area contributed by atoms with Gasteiger partial charge < -0.3 is 4.52 Å². The highest BCUT2D eigenvalue weighted by atomic mass is 79.9. The lowest BCUT2D eigenvalue weighted by atomic mass is 10.1. The van der Waals surface area contributed by atoms with Crippen LogP contribution in [0.5, 0.6) is 0 Å². The lowest BCUT2D eigenvalue weighted by Crippen LogP contribution is -1.83. The first-order valence-corrected chi connectivity index (χ1v) is 4.71. The molecule has 0 spiro atoms. The summed E-state index contributed by atoms with van der Waals surface area (Å²) < 4.78 is 18.3. The lowest BCUT2D eigenvalue weighted by molar-refractivity contribution is 0.426. The monoisotopic (exact) mass is 256 g/mol. The van der Waals surface area contributed by atoms with Gasteiger partial charge in [0.25, 0.3) is 5.89 Å². The van der Waals surface area contributed by atoms with Crippen LogP contribution in [0.25, 0.3) is 11.5 Å².